The maximum Gasteiger partial charge on any atom is 0.338 e. The minimum absolute atomic E-state index is 0.116. The fourth-order valence-corrected chi connectivity index (χ4v) is 2.89. The molecule has 7 heteroatoms. The predicted molar refractivity (Wildman–Crippen MR) is 113 cm³/mol. The zero-order chi connectivity index (χ0) is 22.3. The Kier molecular flexibility index (Phi) is 7.98. The Morgan fingerprint density at radius 2 is 1.50 bits per heavy atom. The highest BCUT2D eigenvalue weighted by molar-refractivity contribution is 5.97. The number of amides is 1. The first-order chi connectivity index (χ1) is 14.3. The molecule has 0 radical (unpaired) electrons. The summed E-state index contributed by atoms with van der Waals surface area (Å²) in [5.74, 6) is -1.16. The lowest BCUT2D eigenvalue weighted by molar-refractivity contribution is -0.122. The Labute approximate surface area is 176 Å². The summed E-state index contributed by atoms with van der Waals surface area (Å²) in [7, 11) is 2.47. The lowest BCUT2D eigenvalue weighted by Crippen LogP contribution is -2.30. The largest absolute Gasteiger partial charge is 0.481 e. The minimum atomic E-state index is -0.881. The molecule has 1 amide bonds. The maximum absolute atomic E-state index is 12.7. The number of methoxy groups -OCH3 is 2. The Hall–Kier alpha value is -3.35. The summed E-state index contributed by atoms with van der Waals surface area (Å²) < 4.78 is 15.1. The molecule has 0 unspecified atom stereocenters. The first-order valence-electron chi connectivity index (χ1n) is 9.68. The lowest BCUT2D eigenvalue weighted by Gasteiger charge is -2.19. The lowest BCUT2D eigenvalue weighted by atomic mass is 9.97. The van der Waals surface area contributed by atoms with Crippen molar-refractivity contribution in [2.24, 2.45) is 0 Å². The van der Waals surface area contributed by atoms with Crippen LogP contribution in [0.2, 0.25) is 0 Å². The number of hydrogen-bond donors (Lipinski definition) is 1. The highest BCUT2D eigenvalue weighted by atomic mass is 16.5. The summed E-state index contributed by atoms with van der Waals surface area (Å²) in [6.45, 7) is 5.77. The standard InChI is InChI=1S/C23H27NO6/c1-6-14(2)19-9-7-8-10-20(19)24-21(25)15(3)30-18-12-16(22(26)28-4)11-17(13-18)23(27)29-5/h7-15H,6H2,1-5H3,(H,24,25)/t14-,15+/m0/s1. The van der Waals surface area contributed by atoms with Gasteiger partial charge in [0.2, 0.25) is 0 Å². The van der Waals surface area contributed by atoms with Crippen LogP contribution in [-0.2, 0) is 14.3 Å². The second-order valence-corrected chi connectivity index (χ2v) is 6.88. The molecule has 2 atom stereocenters. The van der Waals surface area contributed by atoms with Crippen molar-refractivity contribution in [3.63, 3.8) is 0 Å². The summed E-state index contributed by atoms with van der Waals surface area (Å²) in [5, 5.41) is 2.90. The van der Waals surface area contributed by atoms with Crippen molar-refractivity contribution < 1.29 is 28.6 Å². The van der Waals surface area contributed by atoms with Gasteiger partial charge in [-0.1, -0.05) is 32.0 Å². The van der Waals surface area contributed by atoms with Gasteiger partial charge in [-0.15, -0.1) is 0 Å². The van der Waals surface area contributed by atoms with Crippen LogP contribution in [0.5, 0.6) is 5.75 Å². The summed E-state index contributed by atoms with van der Waals surface area (Å²) in [6.07, 6.45) is 0.0589. The van der Waals surface area contributed by atoms with E-state index in [2.05, 4.69) is 19.2 Å². The highest BCUT2D eigenvalue weighted by Gasteiger charge is 2.20. The molecular weight excluding hydrogens is 386 g/mol. The van der Waals surface area contributed by atoms with Gasteiger partial charge in [0, 0.05) is 5.69 Å². The average Bonchev–Trinajstić information content (AvgIpc) is 2.77. The van der Waals surface area contributed by atoms with Crippen LogP contribution in [0.4, 0.5) is 5.69 Å². The highest BCUT2D eigenvalue weighted by Crippen LogP contribution is 2.27. The fraction of sp³-hybridized carbons (Fsp3) is 0.348. The molecule has 7 nitrogen and oxygen atoms in total. The van der Waals surface area contributed by atoms with E-state index < -0.39 is 18.0 Å². The van der Waals surface area contributed by atoms with E-state index in [1.165, 1.54) is 32.4 Å². The monoisotopic (exact) mass is 413 g/mol. The molecule has 2 aromatic carbocycles. The molecule has 0 heterocycles. The zero-order valence-corrected chi connectivity index (χ0v) is 17.9. The van der Waals surface area contributed by atoms with E-state index in [9.17, 15) is 14.4 Å². The second kappa shape index (κ2) is 10.4. The normalized spacial score (nSPS) is 12.4. The van der Waals surface area contributed by atoms with E-state index in [0.717, 1.165) is 17.7 Å². The molecule has 0 saturated heterocycles. The van der Waals surface area contributed by atoms with Crippen LogP contribution >= 0.6 is 0 Å². The fourth-order valence-electron chi connectivity index (χ4n) is 2.89. The van der Waals surface area contributed by atoms with Crippen LogP contribution in [0.3, 0.4) is 0 Å². The molecular formula is C23H27NO6. The number of carbonyl (C=O) groups is 3. The second-order valence-electron chi connectivity index (χ2n) is 6.88. The predicted octanol–water partition coefficient (Wildman–Crippen LogP) is 4.18. The molecule has 0 bridgehead atoms. The third kappa shape index (κ3) is 5.59. The van der Waals surface area contributed by atoms with Gasteiger partial charge in [0.05, 0.1) is 25.3 Å². The number of nitrogens with one attached hydrogen (secondary N) is 1. The first-order valence-corrected chi connectivity index (χ1v) is 9.68. The van der Waals surface area contributed by atoms with Gasteiger partial charge in [-0.3, -0.25) is 4.79 Å². The van der Waals surface area contributed by atoms with Crippen LogP contribution in [0.1, 0.15) is 59.4 Å². The number of hydrogen-bond acceptors (Lipinski definition) is 6. The van der Waals surface area contributed by atoms with Crippen molar-refractivity contribution in [1.29, 1.82) is 0 Å². The molecule has 30 heavy (non-hydrogen) atoms. The van der Waals surface area contributed by atoms with Crippen LogP contribution < -0.4 is 10.1 Å². The molecule has 0 aliphatic carbocycles. The Morgan fingerprint density at radius 3 is 2.03 bits per heavy atom. The number of anilines is 1. The SMILES string of the molecule is CC[C@H](C)c1ccccc1NC(=O)[C@@H](C)Oc1cc(C(=O)OC)cc(C(=O)OC)c1. The molecule has 0 saturated carbocycles. The van der Waals surface area contributed by atoms with Crippen LogP contribution in [0.15, 0.2) is 42.5 Å². The molecule has 0 aliphatic rings. The van der Waals surface area contributed by atoms with Gasteiger partial charge in [-0.25, -0.2) is 9.59 Å². The first kappa shape index (κ1) is 22.9. The summed E-state index contributed by atoms with van der Waals surface area (Å²) in [4.78, 5) is 36.5. The zero-order valence-electron chi connectivity index (χ0n) is 17.9. The number of benzene rings is 2. The molecule has 160 valence electrons. The smallest absolute Gasteiger partial charge is 0.338 e. The van der Waals surface area contributed by atoms with Gasteiger partial charge in [0.1, 0.15) is 5.75 Å². The number of ether oxygens (including phenoxy) is 3. The van der Waals surface area contributed by atoms with Gasteiger partial charge < -0.3 is 19.5 Å². The third-order valence-corrected chi connectivity index (χ3v) is 4.79. The van der Waals surface area contributed by atoms with E-state index >= 15 is 0 Å². The summed E-state index contributed by atoms with van der Waals surface area (Å²) in [5.41, 5.74) is 2.00. The molecule has 0 aromatic heterocycles. The molecule has 2 rings (SSSR count). The van der Waals surface area contributed by atoms with Crippen molar-refractivity contribution in [2.45, 2.75) is 39.2 Å². The molecule has 0 spiro atoms. The molecule has 0 fully saturated rings. The van der Waals surface area contributed by atoms with Crippen molar-refractivity contribution >= 4 is 23.5 Å². The van der Waals surface area contributed by atoms with E-state index in [4.69, 9.17) is 14.2 Å². The van der Waals surface area contributed by atoms with Crippen LogP contribution in [0.25, 0.3) is 0 Å². The Balaban J connectivity index is 2.23. The topological polar surface area (TPSA) is 90.9 Å². The number of rotatable bonds is 8. The quantitative estimate of drug-likeness (QED) is 0.653. The van der Waals surface area contributed by atoms with Gasteiger partial charge in [-0.2, -0.15) is 0 Å². The minimum Gasteiger partial charge on any atom is -0.481 e. The molecule has 0 aliphatic heterocycles. The van der Waals surface area contributed by atoms with Crippen molar-refractivity contribution in [1.82, 2.24) is 0 Å². The van der Waals surface area contributed by atoms with Crippen molar-refractivity contribution in [3.05, 3.63) is 59.2 Å². The van der Waals surface area contributed by atoms with Crippen LogP contribution in [0, 0.1) is 0 Å². The third-order valence-electron chi connectivity index (χ3n) is 4.79. The van der Waals surface area contributed by atoms with Gasteiger partial charge in [0.15, 0.2) is 6.10 Å². The molecule has 1 N–H and O–H groups in total. The summed E-state index contributed by atoms with van der Waals surface area (Å²) >= 11 is 0. The van der Waals surface area contributed by atoms with Gasteiger partial charge in [-0.05, 0) is 49.1 Å². The molecule has 2 aromatic rings. The van der Waals surface area contributed by atoms with Crippen molar-refractivity contribution in [2.75, 3.05) is 19.5 Å². The van der Waals surface area contributed by atoms with Gasteiger partial charge >= 0.3 is 11.9 Å². The summed E-state index contributed by atoms with van der Waals surface area (Å²) in [6, 6.07) is 11.8. The van der Waals surface area contributed by atoms with Gasteiger partial charge in [0.25, 0.3) is 5.91 Å². The van der Waals surface area contributed by atoms with Crippen molar-refractivity contribution in [3.8, 4) is 5.75 Å². The number of para-hydroxylation sites is 1. The average molecular weight is 413 g/mol. The number of esters is 2. The maximum atomic E-state index is 12.7. The van der Waals surface area contributed by atoms with E-state index in [1.54, 1.807) is 6.92 Å². The van der Waals surface area contributed by atoms with E-state index in [0.29, 0.717) is 0 Å². The van der Waals surface area contributed by atoms with Crippen LogP contribution in [-0.4, -0.2) is 38.2 Å². The van der Waals surface area contributed by atoms with E-state index in [1.807, 2.05) is 24.3 Å². The van der Waals surface area contributed by atoms with E-state index in [-0.39, 0.29) is 28.7 Å². The Morgan fingerprint density at radius 1 is 0.933 bits per heavy atom. The number of carbonyl (C=O) groups excluding carboxylic acids is 3. The Bertz CT molecular complexity index is 889.